The molecule has 0 aromatic heterocycles. The normalized spacial score (nSPS) is 28.9. The molecular formula is C20H26O2. The molecule has 2 heteroatoms. The van der Waals surface area contributed by atoms with Crippen LogP contribution in [0.25, 0.3) is 10.8 Å². The molecule has 2 nitrogen and oxygen atoms in total. The van der Waals surface area contributed by atoms with Crippen molar-refractivity contribution < 1.29 is 9.47 Å². The summed E-state index contributed by atoms with van der Waals surface area (Å²) in [7, 11) is 0. The molecule has 0 radical (unpaired) electrons. The highest BCUT2D eigenvalue weighted by Crippen LogP contribution is 2.38. The van der Waals surface area contributed by atoms with Gasteiger partial charge in [0.05, 0.1) is 12.7 Å². The van der Waals surface area contributed by atoms with E-state index in [4.69, 9.17) is 9.47 Å². The maximum atomic E-state index is 6.43. The Balaban J connectivity index is 1.90. The second-order valence-corrected chi connectivity index (χ2v) is 6.43. The third-order valence-electron chi connectivity index (χ3n) is 4.85. The van der Waals surface area contributed by atoms with Gasteiger partial charge >= 0.3 is 0 Å². The maximum absolute atomic E-state index is 6.43. The Morgan fingerprint density at radius 3 is 2.59 bits per heavy atom. The maximum Gasteiger partial charge on any atom is 0.192 e. The highest BCUT2D eigenvalue weighted by molar-refractivity contribution is 5.83. The Hall–Kier alpha value is -1.38. The van der Waals surface area contributed by atoms with Crippen molar-refractivity contribution in [2.75, 3.05) is 6.61 Å². The van der Waals surface area contributed by atoms with E-state index in [-0.39, 0.29) is 0 Å². The molecule has 0 spiro atoms. The molecule has 0 N–H and O–H groups in total. The summed E-state index contributed by atoms with van der Waals surface area (Å²) in [5.41, 5.74) is 1.11. The minimum Gasteiger partial charge on any atom is -0.346 e. The molecule has 1 saturated heterocycles. The molecule has 0 aliphatic carbocycles. The lowest BCUT2D eigenvalue weighted by atomic mass is 9.93. The van der Waals surface area contributed by atoms with Crippen molar-refractivity contribution in [2.45, 2.75) is 51.9 Å². The van der Waals surface area contributed by atoms with Crippen LogP contribution in [0.4, 0.5) is 0 Å². The average molecular weight is 298 g/mol. The van der Waals surface area contributed by atoms with Crippen molar-refractivity contribution in [3.8, 4) is 0 Å². The third kappa shape index (κ3) is 2.90. The number of hydrogen-bond acceptors (Lipinski definition) is 2. The molecule has 0 saturated carbocycles. The van der Waals surface area contributed by atoms with E-state index in [1.165, 1.54) is 10.8 Å². The first-order chi connectivity index (χ1) is 10.7. The monoisotopic (exact) mass is 298 g/mol. The number of hydrogen-bond donors (Lipinski definition) is 0. The van der Waals surface area contributed by atoms with Crippen LogP contribution in [-0.2, 0) is 15.3 Å². The molecule has 0 amide bonds. The first-order valence-electron chi connectivity index (χ1n) is 8.47. The Bertz CT molecular complexity index is 636. The minimum absolute atomic E-state index is 0.292. The molecule has 1 fully saturated rings. The van der Waals surface area contributed by atoms with Crippen LogP contribution < -0.4 is 0 Å². The summed E-state index contributed by atoms with van der Waals surface area (Å²) in [5, 5.41) is 2.49. The first kappa shape index (κ1) is 15.5. The van der Waals surface area contributed by atoms with Gasteiger partial charge in [-0.05, 0) is 36.6 Å². The molecule has 22 heavy (non-hydrogen) atoms. The summed E-state index contributed by atoms with van der Waals surface area (Å²) in [6, 6.07) is 14.9. The third-order valence-corrected chi connectivity index (χ3v) is 4.85. The molecule has 1 heterocycles. The zero-order valence-corrected chi connectivity index (χ0v) is 13.8. The van der Waals surface area contributed by atoms with Gasteiger partial charge in [0.25, 0.3) is 0 Å². The van der Waals surface area contributed by atoms with Crippen LogP contribution in [-0.4, -0.2) is 12.7 Å². The molecule has 3 atom stereocenters. The predicted molar refractivity (Wildman–Crippen MR) is 90.8 cm³/mol. The number of benzene rings is 2. The Morgan fingerprint density at radius 2 is 1.86 bits per heavy atom. The topological polar surface area (TPSA) is 18.5 Å². The van der Waals surface area contributed by atoms with Gasteiger partial charge in [-0.15, -0.1) is 0 Å². The van der Waals surface area contributed by atoms with Gasteiger partial charge in [-0.25, -0.2) is 0 Å². The molecular weight excluding hydrogens is 272 g/mol. The molecule has 2 aromatic carbocycles. The van der Waals surface area contributed by atoms with Gasteiger partial charge in [0.2, 0.25) is 0 Å². The Labute approximate surface area is 133 Å². The Kier molecular flexibility index (Phi) is 4.51. The zero-order valence-electron chi connectivity index (χ0n) is 13.8. The standard InChI is InChI=1S/C20H26O2/c1-4-8-19-15(5-2)14-21-20(3,22-19)18-12-11-16-9-6-7-10-17(16)13-18/h6-7,9-13,15,19H,4-5,8,14H2,1-3H3/t15-,19-,20-/m1/s1. The van der Waals surface area contributed by atoms with E-state index >= 15 is 0 Å². The number of ether oxygens (including phenoxy) is 2. The van der Waals surface area contributed by atoms with Crippen molar-refractivity contribution in [1.82, 2.24) is 0 Å². The summed E-state index contributed by atoms with van der Waals surface area (Å²) >= 11 is 0. The predicted octanol–water partition coefficient (Wildman–Crippen LogP) is 5.25. The summed E-state index contributed by atoms with van der Waals surface area (Å²) in [6.45, 7) is 7.29. The lowest BCUT2D eigenvalue weighted by molar-refractivity contribution is -0.312. The van der Waals surface area contributed by atoms with Crippen LogP contribution in [0.3, 0.4) is 0 Å². The average Bonchev–Trinajstić information content (AvgIpc) is 2.55. The highest BCUT2D eigenvalue weighted by Gasteiger charge is 2.39. The van der Waals surface area contributed by atoms with Crippen LogP contribution in [0.1, 0.15) is 45.6 Å². The molecule has 0 bridgehead atoms. The van der Waals surface area contributed by atoms with Crippen LogP contribution in [0.15, 0.2) is 42.5 Å². The molecule has 2 aromatic rings. The van der Waals surface area contributed by atoms with Crippen molar-refractivity contribution in [1.29, 1.82) is 0 Å². The SMILES string of the molecule is CCC[C@H]1O[C@](C)(c2ccc3ccccc3c2)OC[C@H]1CC. The van der Waals surface area contributed by atoms with Gasteiger partial charge in [-0.2, -0.15) is 0 Å². The fourth-order valence-electron chi connectivity index (χ4n) is 3.38. The van der Waals surface area contributed by atoms with Crippen molar-refractivity contribution in [3.63, 3.8) is 0 Å². The van der Waals surface area contributed by atoms with Gasteiger partial charge in [-0.1, -0.05) is 56.7 Å². The van der Waals surface area contributed by atoms with E-state index in [0.29, 0.717) is 12.0 Å². The van der Waals surface area contributed by atoms with E-state index in [0.717, 1.165) is 31.4 Å². The van der Waals surface area contributed by atoms with Crippen LogP contribution in [0.2, 0.25) is 0 Å². The molecule has 1 aliphatic rings. The van der Waals surface area contributed by atoms with Crippen molar-refractivity contribution in [3.05, 3.63) is 48.0 Å². The second-order valence-electron chi connectivity index (χ2n) is 6.43. The fourth-order valence-corrected chi connectivity index (χ4v) is 3.38. The molecule has 1 aliphatic heterocycles. The number of fused-ring (bicyclic) bond motifs is 1. The van der Waals surface area contributed by atoms with E-state index in [1.54, 1.807) is 0 Å². The van der Waals surface area contributed by atoms with Crippen molar-refractivity contribution >= 4 is 10.8 Å². The molecule has 118 valence electrons. The van der Waals surface area contributed by atoms with Crippen LogP contribution >= 0.6 is 0 Å². The van der Waals surface area contributed by atoms with Gasteiger partial charge in [0.15, 0.2) is 5.79 Å². The summed E-state index contributed by atoms with van der Waals surface area (Å²) in [6.07, 6.45) is 3.65. The Morgan fingerprint density at radius 1 is 1.09 bits per heavy atom. The molecule has 0 unspecified atom stereocenters. The van der Waals surface area contributed by atoms with Crippen LogP contribution in [0.5, 0.6) is 0 Å². The van der Waals surface area contributed by atoms with Gasteiger partial charge < -0.3 is 9.47 Å². The second kappa shape index (κ2) is 6.39. The van der Waals surface area contributed by atoms with E-state index in [1.807, 2.05) is 0 Å². The fraction of sp³-hybridized carbons (Fsp3) is 0.500. The van der Waals surface area contributed by atoms with Crippen LogP contribution in [0, 0.1) is 5.92 Å². The minimum atomic E-state index is -0.629. The zero-order chi connectivity index (χ0) is 15.6. The summed E-state index contributed by atoms with van der Waals surface area (Å²) < 4.78 is 12.6. The number of rotatable bonds is 4. The van der Waals surface area contributed by atoms with E-state index in [9.17, 15) is 0 Å². The summed E-state index contributed by atoms with van der Waals surface area (Å²) in [5.74, 6) is -0.122. The van der Waals surface area contributed by atoms with Gasteiger partial charge in [0, 0.05) is 11.5 Å². The highest BCUT2D eigenvalue weighted by atomic mass is 16.7. The quantitative estimate of drug-likeness (QED) is 0.767. The van der Waals surface area contributed by atoms with E-state index in [2.05, 4.69) is 63.2 Å². The lowest BCUT2D eigenvalue weighted by Gasteiger charge is -2.43. The smallest absolute Gasteiger partial charge is 0.192 e. The molecule has 3 rings (SSSR count). The van der Waals surface area contributed by atoms with E-state index < -0.39 is 5.79 Å². The summed E-state index contributed by atoms with van der Waals surface area (Å²) in [4.78, 5) is 0. The van der Waals surface area contributed by atoms with Gasteiger partial charge in [-0.3, -0.25) is 0 Å². The van der Waals surface area contributed by atoms with Gasteiger partial charge in [0.1, 0.15) is 0 Å². The van der Waals surface area contributed by atoms with Crippen molar-refractivity contribution in [2.24, 2.45) is 5.92 Å². The largest absolute Gasteiger partial charge is 0.346 e. The lowest BCUT2D eigenvalue weighted by Crippen LogP contribution is -2.45. The first-order valence-corrected chi connectivity index (χ1v) is 8.47.